The molecule has 0 saturated heterocycles. The Morgan fingerprint density at radius 3 is 2.89 bits per heavy atom. The van der Waals surface area contributed by atoms with Crippen molar-refractivity contribution in [3.05, 3.63) is 16.1 Å². The first-order valence-electron chi connectivity index (χ1n) is 6.91. The van der Waals surface area contributed by atoms with Crippen LogP contribution in [-0.2, 0) is 22.4 Å². The summed E-state index contributed by atoms with van der Waals surface area (Å²) >= 11 is 1.68. The van der Waals surface area contributed by atoms with Crippen LogP contribution in [0.4, 0.5) is 0 Å². The number of hydrogen-bond acceptors (Lipinski definition) is 4. The van der Waals surface area contributed by atoms with Gasteiger partial charge >= 0.3 is 0 Å². The summed E-state index contributed by atoms with van der Waals surface area (Å²) in [6.45, 7) is 3.31. The molecule has 0 atom stereocenters. The lowest BCUT2D eigenvalue weighted by atomic mass is 9.68. The number of aryl methyl sites for hydroxylation is 1. The molecule has 1 heterocycles. The lowest BCUT2D eigenvalue weighted by Gasteiger charge is -2.39. The normalized spacial score (nSPS) is 16.9. The van der Waals surface area contributed by atoms with E-state index >= 15 is 0 Å². The number of nitrogens with zero attached hydrogens (tertiary/aromatic N) is 1. The number of methoxy groups -OCH3 is 1. The molecule has 1 fully saturated rings. The molecule has 1 N–H and O–H groups in total. The van der Waals surface area contributed by atoms with Crippen LogP contribution in [-0.4, -0.2) is 31.2 Å². The van der Waals surface area contributed by atoms with E-state index in [-0.39, 0.29) is 11.3 Å². The van der Waals surface area contributed by atoms with Crippen LogP contribution < -0.4 is 5.32 Å². The smallest absolute Gasteiger partial charge is 0.228 e. The Labute approximate surface area is 118 Å². The summed E-state index contributed by atoms with van der Waals surface area (Å²) < 4.78 is 5.18. The third kappa shape index (κ3) is 3.34. The van der Waals surface area contributed by atoms with Gasteiger partial charge in [0.2, 0.25) is 5.91 Å². The zero-order chi connectivity index (χ0) is 13.7. The van der Waals surface area contributed by atoms with E-state index in [4.69, 9.17) is 4.74 Å². The van der Waals surface area contributed by atoms with Gasteiger partial charge < -0.3 is 10.1 Å². The molecule has 1 aliphatic carbocycles. The van der Waals surface area contributed by atoms with E-state index in [9.17, 15) is 4.79 Å². The molecule has 1 saturated carbocycles. The van der Waals surface area contributed by atoms with Gasteiger partial charge in [0.1, 0.15) is 0 Å². The van der Waals surface area contributed by atoms with Crippen LogP contribution in [0.25, 0.3) is 0 Å². The Hall–Kier alpha value is -0.940. The largest absolute Gasteiger partial charge is 0.384 e. The number of ether oxygens (including phenoxy) is 1. The minimum atomic E-state index is -0.258. The average molecular weight is 282 g/mol. The second-order valence-electron chi connectivity index (χ2n) is 5.16. The topological polar surface area (TPSA) is 51.2 Å². The molecule has 5 heteroatoms. The zero-order valence-electron chi connectivity index (χ0n) is 11.7. The third-order valence-electron chi connectivity index (χ3n) is 3.80. The highest BCUT2D eigenvalue weighted by molar-refractivity contribution is 7.09. The van der Waals surface area contributed by atoms with Crippen molar-refractivity contribution in [3.8, 4) is 0 Å². The number of carbonyl (C=O) groups is 1. The average Bonchev–Trinajstić information content (AvgIpc) is 2.81. The van der Waals surface area contributed by atoms with Gasteiger partial charge in [0, 0.05) is 25.5 Å². The zero-order valence-corrected chi connectivity index (χ0v) is 12.5. The van der Waals surface area contributed by atoms with Crippen molar-refractivity contribution >= 4 is 17.2 Å². The first-order chi connectivity index (χ1) is 9.20. The second-order valence-corrected chi connectivity index (χ2v) is 6.10. The van der Waals surface area contributed by atoms with Gasteiger partial charge in [-0.25, -0.2) is 4.98 Å². The third-order valence-corrected chi connectivity index (χ3v) is 4.76. The number of amides is 1. The molecular weight excluding hydrogens is 260 g/mol. The summed E-state index contributed by atoms with van der Waals surface area (Å²) in [4.78, 5) is 16.7. The molecule has 0 aromatic carbocycles. The van der Waals surface area contributed by atoms with Gasteiger partial charge in [-0.05, 0) is 19.3 Å². The maximum atomic E-state index is 12.2. The van der Waals surface area contributed by atoms with Crippen molar-refractivity contribution < 1.29 is 9.53 Å². The molecule has 0 bridgehead atoms. The molecule has 0 aliphatic heterocycles. The minimum absolute atomic E-state index is 0.146. The summed E-state index contributed by atoms with van der Waals surface area (Å²) in [7, 11) is 1.66. The van der Waals surface area contributed by atoms with E-state index in [2.05, 4.69) is 22.6 Å². The van der Waals surface area contributed by atoms with Gasteiger partial charge in [0.25, 0.3) is 0 Å². The molecule has 19 heavy (non-hydrogen) atoms. The van der Waals surface area contributed by atoms with Crippen LogP contribution in [0, 0.1) is 5.41 Å². The summed E-state index contributed by atoms with van der Waals surface area (Å²) in [6, 6.07) is 0. The Morgan fingerprint density at radius 2 is 2.37 bits per heavy atom. The standard InChI is InChI=1S/C14H22N2O2S/c1-3-11-9-19-12(16-11)5-8-15-13(17)14(10-18-2)6-4-7-14/h9H,3-8,10H2,1-2H3,(H,15,17). The molecule has 106 valence electrons. The number of thiazole rings is 1. The molecule has 1 amide bonds. The highest BCUT2D eigenvalue weighted by Crippen LogP contribution is 2.41. The van der Waals surface area contributed by atoms with Crippen LogP contribution in [0.15, 0.2) is 5.38 Å². The van der Waals surface area contributed by atoms with Crippen LogP contribution in [0.5, 0.6) is 0 Å². The second kappa shape index (κ2) is 6.48. The van der Waals surface area contributed by atoms with Crippen LogP contribution in [0.1, 0.15) is 36.9 Å². The van der Waals surface area contributed by atoms with E-state index < -0.39 is 0 Å². The van der Waals surface area contributed by atoms with Gasteiger partial charge in [-0.15, -0.1) is 11.3 Å². The van der Waals surface area contributed by atoms with Crippen molar-refractivity contribution in [2.45, 2.75) is 39.0 Å². The molecule has 1 aromatic rings. The van der Waals surface area contributed by atoms with Crippen LogP contribution in [0.3, 0.4) is 0 Å². The molecule has 0 spiro atoms. The fraction of sp³-hybridized carbons (Fsp3) is 0.714. The summed E-state index contributed by atoms with van der Waals surface area (Å²) in [5.74, 6) is 0.146. The number of hydrogen-bond donors (Lipinski definition) is 1. The SMILES string of the molecule is CCc1csc(CCNC(=O)C2(COC)CCC2)n1. The molecular formula is C14H22N2O2S. The van der Waals surface area contributed by atoms with Gasteiger partial charge in [-0.1, -0.05) is 13.3 Å². The van der Waals surface area contributed by atoms with Crippen molar-refractivity contribution in [1.82, 2.24) is 10.3 Å². The fourth-order valence-corrected chi connectivity index (χ4v) is 3.29. The molecule has 0 unspecified atom stereocenters. The number of aromatic nitrogens is 1. The van der Waals surface area contributed by atoms with Gasteiger partial charge in [-0.2, -0.15) is 0 Å². The number of nitrogens with one attached hydrogen (secondary N) is 1. The van der Waals surface area contributed by atoms with Crippen molar-refractivity contribution in [2.24, 2.45) is 5.41 Å². The van der Waals surface area contributed by atoms with Crippen LogP contribution >= 0.6 is 11.3 Å². The van der Waals surface area contributed by atoms with E-state index in [0.717, 1.165) is 42.8 Å². The van der Waals surface area contributed by atoms with E-state index in [1.807, 2.05) is 0 Å². The monoisotopic (exact) mass is 282 g/mol. The Bertz CT molecular complexity index is 427. The Balaban J connectivity index is 1.77. The lowest BCUT2D eigenvalue weighted by Crippen LogP contribution is -2.49. The first kappa shape index (κ1) is 14.5. The predicted molar refractivity (Wildman–Crippen MR) is 76.4 cm³/mol. The molecule has 1 aliphatic rings. The van der Waals surface area contributed by atoms with E-state index in [1.165, 1.54) is 0 Å². The lowest BCUT2D eigenvalue weighted by molar-refractivity contribution is -0.140. The van der Waals surface area contributed by atoms with Gasteiger partial charge in [0.05, 0.1) is 22.7 Å². The maximum Gasteiger partial charge on any atom is 0.228 e. The fourth-order valence-electron chi connectivity index (χ4n) is 2.41. The summed E-state index contributed by atoms with van der Waals surface area (Å²) in [5.41, 5.74) is 0.882. The Kier molecular flexibility index (Phi) is 4.93. The highest BCUT2D eigenvalue weighted by Gasteiger charge is 2.43. The molecule has 2 rings (SSSR count). The maximum absolute atomic E-state index is 12.2. The van der Waals surface area contributed by atoms with Crippen molar-refractivity contribution in [3.63, 3.8) is 0 Å². The first-order valence-corrected chi connectivity index (χ1v) is 7.78. The molecule has 4 nitrogen and oxygen atoms in total. The van der Waals surface area contributed by atoms with Gasteiger partial charge in [0.15, 0.2) is 0 Å². The van der Waals surface area contributed by atoms with E-state index in [1.54, 1.807) is 18.4 Å². The Morgan fingerprint density at radius 1 is 1.58 bits per heavy atom. The number of rotatable bonds is 7. The van der Waals surface area contributed by atoms with E-state index in [0.29, 0.717) is 13.2 Å². The predicted octanol–water partition coefficient (Wildman–Crippen LogP) is 2.18. The van der Waals surface area contributed by atoms with Gasteiger partial charge in [-0.3, -0.25) is 4.79 Å². The summed E-state index contributed by atoms with van der Waals surface area (Å²) in [5, 5.41) is 6.23. The molecule has 1 aromatic heterocycles. The number of carbonyl (C=O) groups excluding carboxylic acids is 1. The quantitative estimate of drug-likeness (QED) is 0.834. The van der Waals surface area contributed by atoms with Crippen LogP contribution in [0.2, 0.25) is 0 Å². The highest BCUT2D eigenvalue weighted by atomic mass is 32.1. The van der Waals surface area contributed by atoms with Crippen molar-refractivity contribution in [1.29, 1.82) is 0 Å². The summed E-state index contributed by atoms with van der Waals surface area (Å²) in [6.07, 6.45) is 4.82. The van der Waals surface area contributed by atoms with Crippen molar-refractivity contribution in [2.75, 3.05) is 20.3 Å². The molecule has 0 radical (unpaired) electrons. The minimum Gasteiger partial charge on any atom is -0.384 e.